The van der Waals surface area contributed by atoms with Crippen molar-refractivity contribution in [1.29, 1.82) is 0 Å². The highest BCUT2D eigenvalue weighted by molar-refractivity contribution is 5.69. The molecule has 52 heavy (non-hydrogen) atoms. The van der Waals surface area contributed by atoms with E-state index in [0.717, 1.165) is 114 Å². The third kappa shape index (κ3) is 25.8. The maximum atomic E-state index is 12.9. The van der Waals surface area contributed by atoms with Gasteiger partial charge in [0, 0.05) is 19.4 Å². The summed E-state index contributed by atoms with van der Waals surface area (Å²) in [5.74, 6) is 3.66. The number of hydrogen-bond donors (Lipinski definition) is 1. The second kappa shape index (κ2) is 32.1. The number of aliphatic hydroxyl groups is 1. The SMILES string of the molecule is CCCCCCCCCOC(=O)CCCCCCCN(CCO)CCCCCCCC(=O)OC(CCC1CC1CCCC)CCC1CC1CCCC. The van der Waals surface area contributed by atoms with Gasteiger partial charge in [0.05, 0.1) is 13.2 Å². The number of hydrogen-bond acceptors (Lipinski definition) is 6. The molecule has 0 aromatic heterocycles. The predicted molar refractivity (Wildman–Crippen MR) is 218 cm³/mol. The van der Waals surface area contributed by atoms with Crippen molar-refractivity contribution in [2.45, 2.75) is 226 Å². The van der Waals surface area contributed by atoms with Gasteiger partial charge in [-0.15, -0.1) is 0 Å². The second-order valence-electron chi connectivity index (χ2n) is 17.0. The van der Waals surface area contributed by atoms with Crippen molar-refractivity contribution < 1.29 is 24.2 Å². The van der Waals surface area contributed by atoms with E-state index in [9.17, 15) is 14.7 Å². The van der Waals surface area contributed by atoms with Crippen molar-refractivity contribution in [2.75, 3.05) is 32.8 Å². The minimum Gasteiger partial charge on any atom is -0.466 e. The highest BCUT2D eigenvalue weighted by Gasteiger charge is 2.38. The van der Waals surface area contributed by atoms with E-state index >= 15 is 0 Å². The molecule has 0 radical (unpaired) electrons. The van der Waals surface area contributed by atoms with Crippen LogP contribution in [0.4, 0.5) is 0 Å². The normalized spacial score (nSPS) is 19.9. The summed E-state index contributed by atoms with van der Waals surface area (Å²) in [5.41, 5.74) is 0. The molecule has 6 heteroatoms. The van der Waals surface area contributed by atoms with Crippen molar-refractivity contribution in [3.05, 3.63) is 0 Å². The van der Waals surface area contributed by atoms with Crippen molar-refractivity contribution in [3.63, 3.8) is 0 Å². The molecule has 306 valence electrons. The molecule has 0 spiro atoms. The van der Waals surface area contributed by atoms with Gasteiger partial charge in [-0.3, -0.25) is 9.59 Å². The Morgan fingerprint density at radius 1 is 0.538 bits per heavy atom. The quantitative estimate of drug-likeness (QED) is 0.0501. The summed E-state index contributed by atoms with van der Waals surface area (Å²) in [7, 11) is 0. The average Bonchev–Trinajstić information content (AvgIpc) is 4.07. The number of unbranched alkanes of at least 4 members (excludes halogenated alkanes) is 16. The van der Waals surface area contributed by atoms with Crippen LogP contribution in [0, 0.1) is 23.7 Å². The van der Waals surface area contributed by atoms with E-state index in [4.69, 9.17) is 9.47 Å². The summed E-state index contributed by atoms with van der Waals surface area (Å²) in [6.45, 7) is 10.4. The molecular weight excluding hydrogens is 647 g/mol. The lowest BCUT2D eigenvalue weighted by molar-refractivity contribution is -0.150. The minimum absolute atomic E-state index is 0.0293. The maximum absolute atomic E-state index is 12.9. The number of esters is 2. The van der Waals surface area contributed by atoms with Crippen molar-refractivity contribution in [2.24, 2.45) is 23.7 Å². The fourth-order valence-corrected chi connectivity index (χ4v) is 8.34. The van der Waals surface area contributed by atoms with Crippen LogP contribution in [0.15, 0.2) is 0 Å². The highest BCUT2D eigenvalue weighted by atomic mass is 16.5. The van der Waals surface area contributed by atoms with Gasteiger partial charge in [-0.25, -0.2) is 0 Å². The first-order valence-corrected chi connectivity index (χ1v) is 23.2. The molecule has 0 bridgehead atoms. The van der Waals surface area contributed by atoms with Crippen LogP contribution in [-0.4, -0.2) is 60.9 Å². The molecule has 2 rings (SSSR count). The van der Waals surface area contributed by atoms with Gasteiger partial charge in [0.1, 0.15) is 6.10 Å². The number of ether oxygens (including phenoxy) is 2. The van der Waals surface area contributed by atoms with E-state index in [1.807, 2.05) is 0 Å². The molecule has 0 aliphatic heterocycles. The summed E-state index contributed by atoms with van der Waals surface area (Å²) in [6, 6.07) is 0. The molecule has 2 fully saturated rings. The molecule has 0 amide bonds. The van der Waals surface area contributed by atoms with Crippen LogP contribution in [0.25, 0.3) is 0 Å². The largest absolute Gasteiger partial charge is 0.466 e. The van der Waals surface area contributed by atoms with Gasteiger partial charge in [0.2, 0.25) is 0 Å². The van der Waals surface area contributed by atoms with Crippen LogP contribution in [0.1, 0.15) is 220 Å². The van der Waals surface area contributed by atoms with E-state index in [2.05, 4.69) is 25.7 Å². The average molecular weight is 734 g/mol. The molecule has 2 aliphatic rings. The van der Waals surface area contributed by atoms with E-state index in [-0.39, 0.29) is 24.6 Å². The lowest BCUT2D eigenvalue weighted by Crippen LogP contribution is -2.29. The number of aliphatic hydroxyl groups excluding tert-OH is 1. The zero-order chi connectivity index (χ0) is 37.5. The van der Waals surface area contributed by atoms with Gasteiger partial charge >= 0.3 is 11.9 Å². The molecule has 0 saturated heterocycles. The Labute approximate surface area is 322 Å². The van der Waals surface area contributed by atoms with E-state index in [1.165, 1.54) is 116 Å². The summed E-state index contributed by atoms with van der Waals surface area (Å²) in [5, 5.41) is 9.57. The Morgan fingerprint density at radius 2 is 0.981 bits per heavy atom. The maximum Gasteiger partial charge on any atom is 0.306 e. The van der Waals surface area contributed by atoms with E-state index in [1.54, 1.807) is 0 Å². The zero-order valence-electron chi connectivity index (χ0n) is 34.9. The molecule has 0 aromatic carbocycles. The predicted octanol–water partition coefficient (Wildman–Crippen LogP) is 12.4. The molecule has 0 heterocycles. The molecule has 0 aromatic rings. The van der Waals surface area contributed by atoms with Gasteiger partial charge in [0.25, 0.3) is 0 Å². The first kappa shape index (κ1) is 47.0. The van der Waals surface area contributed by atoms with Gasteiger partial charge in [-0.1, -0.05) is 136 Å². The summed E-state index contributed by atoms with van der Waals surface area (Å²) in [4.78, 5) is 27.3. The number of carbonyl (C=O) groups is 2. The Kier molecular flexibility index (Phi) is 29.1. The fraction of sp³-hybridized carbons (Fsp3) is 0.957. The van der Waals surface area contributed by atoms with Crippen LogP contribution < -0.4 is 0 Å². The Bertz CT molecular complexity index is 825. The van der Waals surface area contributed by atoms with Crippen molar-refractivity contribution in [1.82, 2.24) is 4.90 Å². The van der Waals surface area contributed by atoms with Gasteiger partial charge in [0.15, 0.2) is 0 Å². The summed E-state index contributed by atoms with van der Waals surface area (Å²) < 4.78 is 11.6. The van der Waals surface area contributed by atoms with Crippen LogP contribution in [0.2, 0.25) is 0 Å². The molecule has 1 N–H and O–H groups in total. The highest BCUT2D eigenvalue weighted by Crippen LogP contribution is 2.47. The number of carbonyl (C=O) groups excluding carboxylic acids is 2. The summed E-state index contributed by atoms with van der Waals surface area (Å²) >= 11 is 0. The molecule has 4 atom stereocenters. The van der Waals surface area contributed by atoms with Crippen LogP contribution in [0.5, 0.6) is 0 Å². The molecule has 6 nitrogen and oxygen atoms in total. The molecular formula is C46H87NO5. The summed E-state index contributed by atoms with van der Waals surface area (Å²) in [6.07, 6.45) is 36.5. The topological polar surface area (TPSA) is 76.1 Å². The third-order valence-electron chi connectivity index (χ3n) is 12.1. The Hall–Kier alpha value is -1.14. The monoisotopic (exact) mass is 734 g/mol. The first-order chi connectivity index (χ1) is 25.5. The lowest BCUT2D eigenvalue weighted by Gasteiger charge is -2.21. The number of rotatable bonds is 39. The second-order valence-corrected chi connectivity index (χ2v) is 17.0. The van der Waals surface area contributed by atoms with Crippen molar-refractivity contribution >= 4 is 11.9 Å². The molecule has 2 aliphatic carbocycles. The number of nitrogens with zero attached hydrogens (tertiary/aromatic N) is 1. The smallest absolute Gasteiger partial charge is 0.306 e. The van der Waals surface area contributed by atoms with Crippen molar-refractivity contribution in [3.8, 4) is 0 Å². The van der Waals surface area contributed by atoms with E-state index < -0.39 is 0 Å². The van der Waals surface area contributed by atoms with Gasteiger partial charge < -0.3 is 19.5 Å². The molecule has 2 saturated carbocycles. The van der Waals surface area contributed by atoms with Crippen LogP contribution in [-0.2, 0) is 19.1 Å². The fourth-order valence-electron chi connectivity index (χ4n) is 8.34. The molecule has 4 unspecified atom stereocenters. The lowest BCUT2D eigenvalue weighted by atomic mass is 10.0. The first-order valence-electron chi connectivity index (χ1n) is 23.2. The Morgan fingerprint density at radius 3 is 1.50 bits per heavy atom. The third-order valence-corrected chi connectivity index (χ3v) is 12.1. The van der Waals surface area contributed by atoms with Crippen LogP contribution in [0.3, 0.4) is 0 Å². The standard InChI is InChI=1S/C46H87NO5/c1-4-7-10-11-12-19-24-37-51-45(49)27-20-15-13-17-22-33-47(35-36-48)34-23-18-14-16-21-28-46(50)52-44(31-29-42-38-40(42)25-8-5-2)32-30-43-39-41(43)26-9-6-3/h40-44,48H,4-39H2,1-3H3. The van der Waals surface area contributed by atoms with Crippen LogP contribution >= 0.6 is 0 Å². The van der Waals surface area contributed by atoms with Gasteiger partial charge in [-0.05, 0) is 107 Å². The minimum atomic E-state index is -0.0293. The Balaban J connectivity index is 1.47. The zero-order valence-corrected chi connectivity index (χ0v) is 34.9. The van der Waals surface area contributed by atoms with E-state index in [0.29, 0.717) is 19.4 Å². The van der Waals surface area contributed by atoms with Gasteiger partial charge in [-0.2, -0.15) is 0 Å².